The first kappa shape index (κ1) is 16.7. The van der Waals surface area contributed by atoms with Crippen molar-refractivity contribution in [3.05, 3.63) is 63.6 Å². The fourth-order valence-corrected chi connectivity index (χ4v) is 2.20. The number of carbonyl (C=O) groups excluding carboxylic acids is 1. The summed E-state index contributed by atoms with van der Waals surface area (Å²) < 4.78 is 0.891. The van der Waals surface area contributed by atoms with Crippen molar-refractivity contribution in [3.8, 4) is 0 Å². The number of hydrogen-bond donors (Lipinski definition) is 3. The highest BCUT2D eigenvalue weighted by molar-refractivity contribution is 9.10. The first-order valence-electron chi connectivity index (χ1n) is 6.51. The molecule has 0 aliphatic carbocycles. The molecule has 23 heavy (non-hydrogen) atoms. The Balaban J connectivity index is 2.18. The van der Waals surface area contributed by atoms with Crippen molar-refractivity contribution in [2.75, 3.05) is 5.32 Å². The van der Waals surface area contributed by atoms with Gasteiger partial charge in [0.1, 0.15) is 0 Å². The maximum absolute atomic E-state index is 12.0. The minimum absolute atomic E-state index is 0.0903. The van der Waals surface area contributed by atoms with Crippen LogP contribution in [0.2, 0.25) is 0 Å². The lowest BCUT2D eigenvalue weighted by Gasteiger charge is -2.08. The maximum atomic E-state index is 12.0. The van der Waals surface area contributed by atoms with Crippen LogP contribution < -0.4 is 5.32 Å². The number of anilines is 1. The minimum Gasteiger partial charge on any atom is -0.478 e. The summed E-state index contributed by atoms with van der Waals surface area (Å²) in [7, 11) is 0. The van der Waals surface area contributed by atoms with Gasteiger partial charge in [0.15, 0.2) is 0 Å². The van der Waals surface area contributed by atoms with E-state index in [-0.39, 0.29) is 29.1 Å². The van der Waals surface area contributed by atoms with Crippen LogP contribution in [0.4, 0.5) is 5.69 Å². The molecule has 0 heterocycles. The fourth-order valence-electron chi connectivity index (χ4n) is 1.94. The van der Waals surface area contributed by atoms with Crippen molar-refractivity contribution in [1.29, 1.82) is 0 Å². The van der Waals surface area contributed by atoms with E-state index in [1.165, 1.54) is 12.1 Å². The lowest BCUT2D eigenvalue weighted by atomic mass is 10.1. The summed E-state index contributed by atoms with van der Waals surface area (Å²) in [5, 5.41) is 20.5. The summed E-state index contributed by atoms with van der Waals surface area (Å²) in [5.74, 6) is -2.90. The Bertz CT molecular complexity index is 738. The van der Waals surface area contributed by atoms with Crippen LogP contribution in [-0.2, 0) is 11.2 Å². The van der Waals surface area contributed by atoms with Crippen LogP contribution in [0.15, 0.2) is 46.9 Å². The number of carboxylic acid groups (broad SMARTS) is 2. The molecule has 0 saturated carbocycles. The number of aromatic carboxylic acids is 2. The average Bonchev–Trinajstić information content (AvgIpc) is 2.49. The van der Waals surface area contributed by atoms with Gasteiger partial charge in [-0.1, -0.05) is 28.1 Å². The van der Waals surface area contributed by atoms with Gasteiger partial charge in [-0.3, -0.25) is 4.79 Å². The second kappa shape index (κ2) is 7.06. The number of hydrogen-bond acceptors (Lipinski definition) is 3. The zero-order chi connectivity index (χ0) is 17.0. The van der Waals surface area contributed by atoms with Crippen molar-refractivity contribution in [3.63, 3.8) is 0 Å². The molecule has 1 amide bonds. The van der Waals surface area contributed by atoms with Gasteiger partial charge in [-0.05, 0) is 35.9 Å². The number of carboxylic acids is 2. The summed E-state index contributed by atoms with van der Waals surface area (Å²) >= 11 is 3.30. The van der Waals surface area contributed by atoms with E-state index in [0.29, 0.717) is 0 Å². The van der Waals surface area contributed by atoms with Gasteiger partial charge in [-0.15, -0.1) is 0 Å². The molecule has 2 aromatic rings. The van der Waals surface area contributed by atoms with E-state index in [1.54, 1.807) is 24.3 Å². The van der Waals surface area contributed by atoms with Gasteiger partial charge >= 0.3 is 11.9 Å². The molecule has 0 spiro atoms. The molecular formula is C16H12BrNO5. The molecule has 0 atom stereocenters. The molecule has 2 aromatic carbocycles. The third kappa shape index (κ3) is 4.65. The number of halogens is 1. The second-order valence-electron chi connectivity index (χ2n) is 4.76. The van der Waals surface area contributed by atoms with E-state index in [4.69, 9.17) is 10.2 Å². The van der Waals surface area contributed by atoms with Crippen LogP contribution in [0.1, 0.15) is 26.3 Å². The SMILES string of the molecule is O=C(Cc1ccc(Br)cc1)Nc1cc(C(=O)O)cc(C(=O)O)c1. The van der Waals surface area contributed by atoms with Crippen molar-refractivity contribution >= 4 is 39.5 Å². The van der Waals surface area contributed by atoms with Crippen LogP contribution in [0.3, 0.4) is 0 Å². The molecule has 3 N–H and O–H groups in total. The fraction of sp³-hybridized carbons (Fsp3) is 0.0625. The molecule has 2 rings (SSSR count). The number of carbonyl (C=O) groups is 3. The van der Waals surface area contributed by atoms with Gasteiger partial charge in [0.2, 0.25) is 5.91 Å². The van der Waals surface area contributed by atoms with E-state index in [9.17, 15) is 14.4 Å². The maximum Gasteiger partial charge on any atom is 0.335 e. The molecule has 6 nitrogen and oxygen atoms in total. The third-order valence-electron chi connectivity index (χ3n) is 2.99. The van der Waals surface area contributed by atoms with Crippen LogP contribution in [0.5, 0.6) is 0 Å². The molecule has 0 aliphatic rings. The average molecular weight is 378 g/mol. The molecule has 118 valence electrons. The van der Waals surface area contributed by atoms with Crippen LogP contribution in [0.25, 0.3) is 0 Å². The van der Waals surface area contributed by atoms with Crippen molar-refractivity contribution < 1.29 is 24.6 Å². The zero-order valence-electron chi connectivity index (χ0n) is 11.7. The normalized spacial score (nSPS) is 10.1. The van der Waals surface area contributed by atoms with Crippen LogP contribution in [0, 0.1) is 0 Å². The molecule has 0 bridgehead atoms. The summed E-state index contributed by atoms with van der Waals surface area (Å²) in [6.07, 6.45) is 0.0903. The Kier molecular flexibility index (Phi) is 5.13. The Morgan fingerprint density at radius 2 is 1.43 bits per heavy atom. The lowest BCUT2D eigenvalue weighted by molar-refractivity contribution is -0.115. The van der Waals surface area contributed by atoms with Crippen molar-refractivity contribution in [1.82, 2.24) is 0 Å². The summed E-state index contributed by atoms with van der Waals surface area (Å²) in [6.45, 7) is 0. The van der Waals surface area contributed by atoms with E-state index in [2.05, 4.69) is 21.2 Å². The Labute approximate surface area is 139 Å². The summed E-state index contributed by atoms with van der Waals surface area (Å²) in [6, 6.07) is 10.6. The summed E-state index contributed by atoms with van der Waals surface area (Å²) in [4.78, 5) is 34.1. The van der Waals surface area contributed by atoms with Crippen LogP contribution >= 0.6 is 15.9 Å². The smallest absolute Gasteiger partial charge is 0.335 e. The number of amides is 1. The second-order valence-corrected chi connectivity index (χ2v) is 5.68. The van der Waals surface area contributed by atoms with E-state index in [1.807, 2.05) is 0 Å². The molecular weight excluding hydrogens is 366 g/mol. The third-order valence-corrected chi connectivity index (χ3v) is 3.52. The molecule has 0 unspecified atom stereocenters. The van der Waals surface area contributed by atoms with Gasteiger partial charge in [0, 0.05) is 10.2 Å². The zero-order valence-corrected chi connectivity index (χ0v) is 13.3. The predicted molar refractivity (Wildman–Crippen MR) is 86.8 cm³/mol. The molecule has 0 saturated heterocycles. The molecule has 0 radical (unpaired) electrons. The Morgan fingerprint density at radius 1 is 0.913 bits per heavy atom. The largest absolute Gasteiger partial charge is 0.478 e. The van der Waals surface area contributed by atoms with Gasteiger partial charge in [0.05, 0.1) is 17.5 Å². The molecule has 0 aliphatic heterocycles. The number of nitrogens with one attached hydrogen (secondary N) is 1. The van der Waals surface area contributed by atoms with E-state index in [0.717, 1.165) is 16.1 Å². The highest BCUT2D eigenvalue weighted by atomic mass is 79.9. The monoisotopic (exact) mass is 377 g/mol. The van der Waals surface area contributed by atoms with E-state index >= 15 is 0 Å². The minimum atomic E-state index is -1.27. The standard InChI is InChI=1S/C16H12BrNO5/c17-12-3-1-9(2-4-12)5-14(19)18-13-7-10(15(20)21)6-11(8-13)16(22)23/h1-4,6-8H,5H2,(H,18,19)(H,20,21)(H,22,23). The van der Waals surface area contributed by atoms with Crippen LogP contribution in [-0.4, -0.2) is 28.1 Å². The first-order chi connectivity index (χ1) is 10.8. The Morgan fingerprint density at radius 3 is 1.91 bits per heavy atom. The van der Waals surface area contributed by atoms with Gasteiger partial charge in [-0.25, -0.2) is 9.59 Å². The number of rotatable bonds is 5. The molecule has 0 aromatic heterocycles. The predicted octanol–water partition coefficient (Wildman–Crippen LogP) is 3.03. The lowest BCUT2D eigenvalue weighted by Crippen LogP contribution is -2.15. The van der Waals surface area contributed by atoms with Gasteiger partial charge in [0.25, 0.3) is 0 Å². The highest BCUT2D eigenvalue weighted by Gasteiger charge is 2.13. The van der Waals surface area contributed by atoms with E-state index < -0.39 is 11.9 Å². The molecule has 0 fully saturated rings. The first-order valence-corrected chi connectivity index (χ1v) is 7.30. The van der Waals surface area contributed by atoms with Gasteiger partial charge < -0.3 is 15.5 Å². The Hall–Kier alpha value is -2.67. The van der Waals surface area contributed by atoms with Crippen molar-refractivity contribution in [2.45, 2.75) is 6.42 Å². The topological polar surface area (TPSA) is 104 Å². The number of benzene rings is 2. The van der Waals surface area contributed by atoms with Crippen molar-refractivity contribution in [2.24, 2.45) is 0 Å². The summed E-state index contributed by atoms with van der Waals surface area (Å²) in [5.41, 5.74) is 0.496. The highest BCUT2D eigenvalue weighted by Crippen LogP contribution is 2.17. The van der Waals surface area contributed by atoms with Gasteiger partial charge in [-0.2, -0.15) is 0 Å². The molecule has 7 heteroatoms. The quantitative estimate of drug-likeness (QED) is 0.742.